The molecule has 1 unspecified atom stereocenters. The number of hydrogen-bond donors (Lipinski definition) is 2. The molecule has 1 amide bonds. The molecule has 1 heterocycles. The predicted octanol–water partition coefficient (Wildman–Crippen LogP) is 4.00. The van der Waals surface area contributed by atoms with Crippen LogP contribution in [-0.2, 0) is 4.79 Å². The lowest BCUT2D eigenvalue weighted by Crippen LogP contribution is -2.30. The zero-order valence-corrected chi connectivity index (χ0v) is 17.5. The molecule has 6 heteroatoms. The highest BCUT2D eigenvalue weighted by Crippen LogP contribution is 2.35. The first kappa shape index (κ1) is 21.8. The molecule has 1 fully saturated rings. The van der Waals surface area contributed by atoms with Crippen LogP contribution in [0.5, 0.6) is 5.75 Å². The van der Waals surface area contributed by atoms with Crippen molar-refractivity contribution in [3.05, 3.63) is 53.8 Å². The van der Waals surface area contributed by atoms with Crippen molar-refractivity contribution >= 4 is 5.91 Å². The number of carbonyl (C=O) groups is 1. The Morgan fingerprint density at radius 3 is 2.87 bits per heavy atom. The van der Waals surface area contributed by atoms with Gasteiger partial charge in [-0.3, -0.25) is 4.79 Å². The second kappa shape index (κ2) is 10.2. The molecule has 30 heavy (non-hydrogen) atoms. The first-order chi connectivity index (χ1) is 14.5. The van der Waals surface area contributed by atoms with Crippen LogP contribution in [0.4, 0.5) is 4.39 Å². The molecular formula is C24H28FN3O2. The van der Waals surface area contributed by atoms with E-state index < -0.39 is 0 Å². The van der Waals surface area contributed by atoms with Crippen LogP contribution in [0.25, 0.3) is 11.1 Å². The van der Waals surface area contributed by atoms with E-state index in [2.05, 4.69) is 24.5 Å². The van der Waals surface area contributed by atoms with E-state index in [-0.39, 0.29) is 30.3 Å². The maximum absolute atomic E-state index is 14.1. The van der Waals surface area contributed by atoms with Crippen LogP contribution in [0.3, 0.4) is 0 Å². The fraction of sp³-hybridized carbons (Fsp3) is 0.417. The van der Waals surface area contributed by atoms with E-state index in [0.29, 0.717) is 23.7 Å². The summed E-state index contributed by atoms with van der Waals surface area (Å²) in [4.78, 5) is 12.7. The van der Waals surface area contributed by atoms with Gasteiger partial charge in [0.05, 0.1) is 12.0 Å². The summed E-state index contributed by atoms with van der Waals surface area (Å²) < 4.78 is 20.2. The van der Waals surface area contributed by atoms with Gasteiger partial charge in [0.15, 0.2) is 0 Å². The summed E-state index contributed by atoms with van der Waals surface area (Å²) in [5.74, 6) is 0.0502. The fourth-order valence-corrected chi connectivity index (χ4v) is 3.78. The summed E-state index contributed by atoms with van der Waals surface area (Å²) in [6, 6.07) is 14.1. The molecule has 0 radical (unpaired) electrons. The molecule has 2 aromatic carbocycles. The van der Waals surface area contributed by atoms with E-state index in [4.69, 9.17) is 10.00 Å². The highest BCUT2D eigenvalue weighted by atomic mass is 19.1. The van der Waals surface area contributed by atoms with Crippen LogP contribution < -0.4 is 15.4 Å². The minimum Gasteiger partial charge on any atom is -0.488 e. The van der Waals surface area contributed by atoms with E-state index in [9.17, 15) is 9.18 Å². The molecule has 0 aliphatic carbocycles. The largest absolute Gasteiger partial charge is 0.488 e. The Morgan fingerprint density at radius 2 is 2.17 bits per heavy atom. The summed E-state index contributed by atoms with van der Waals surface area (Å²) in [6.07, 6.45) is 1.62. The molecular weight excluding hydrogens is 381 g/mol. The minimum atomic E-state index is -0.379. The molecule has 158 valence electrons. The minimum absolute atomic E-state index is 0.0234. The average molecular weight is 410 g/mol. The van der Waals surface area contributed by atoms with Crippen LogP contribution in [0.15, 0.2) is 42.5 Å². The lowest BCUT2D eigenvalue weighted by Gasteiger charge is -2.20. The molecule has 5 nitrogen and oxygen atoms in total. The zero-order chi connectivity index (χ0) is 21.5. The summed E-state index contributed by atoms with van der Waals surface area (Å²) in [7, 11) is 0. The number of amides is 1. The molecule has 3 rings (SSSR count). The number of rotatable bonds is 8. The number of benzene rings is 2. The van der Waals surface area contributed by atoms with E-state index in [1.807, 2.05) is 30.3 Å². The molecule has 1 saturated heterocycles. The monoisotopic (exact) mass is 409 g/mol. The van der Waals surface area contributed by atoms with Gasteiger partial charge in [0.25, 0.3) is 0 Å². The molecule has 2 N–H and O–H groups in total. The van der Waals surface area contributed by atoms with Gasteiger partial charge in [-0.15, -0.1) is 0 Å². The zero-order valence-electron chi connectivity index (χ0n) is 17.5. The summed E-state index contributed by atoms with van der Waals surface area (Å²) in [5.41, 5.74) is 2.31. The third-order valence-electron chi connectivity index (χ3n) is 5.22. The number of halogens is 1. The highest BCUT2D eigenvalue weighted by molar-refractivity contribution is 5.84. The number of carbonyl (C=O) groups excluding carboxylic acids is 1. The molecule has 0 aromatic heterocycles. The Labute approximate surface area is 177 Å². The van der Waals surface area contributed by atoms with E-state index in [0.717, 1.165) is 30.6 Å². The Balaban J connectivity index is 1.94. The summed E-state index contributed by atoms with van der Waals surface area (Å²) in [5, 5.41) is 14.7. The fourth-order valence-electron chi connectivity index (χ4n) is 3.78. The molecule has 0 spiro atoms. The van der Waals surface area contributed by atoms with Crippen molar-refractivity contribution in [1.29, 1.82) is 5.26 Å². The number of nitrogens with one attached hydrogen (secondary N) is 2. The van der Waals surface area contributed by atoms with Gasteiger partial charge >= 0.3 is 0 Å². The van der Waals surface area contributed by atoms with Crippen molar-refractivity contribution in [2.45, 2.75) is 38.7 Å². The van der Waals surface area contributed by atoms with Crippen molar-refractivity contribution in [3.63, 3.8) is 0 Å². The van der Waals surface area contributed by atoms with E-state index in [1.54, 1.807) is 6.07 Å². The van der Waals surface area contributed by atoms with Crippen molar-refractivity contribution in [3.8, 4) is 22.9 Å². The number of hydrogen-bond acceptors (Lipinski definition) is 4. The van der Waals surface area contributed by atoms with Crippen LogP contribution in [0.1, 0.15) is 38.2 Å². The van der Waals surface area contributed by atoms with Gasteiger partial charge in [-0.1, -0.05) is 38.1 Å². The number of nitriles is 1. The van der Waals surface area contributed by atoms with Crippen molar-refractivity contribution in [2.75, 3.05) is 19.6 Å². The smallest absolute Gasteiger partial charge is 0.228 e. The second-order valence-electron chi connectivity index (χ2n) is 8.06. The van der Waals surface area contributed by atoms with Crippen LogP contribution in [0.2, 0.25) is 0 Å². The normalized spacial score (nSPS) is 16.8. The first-order valence-electron chi connectivity index (χ1n) is 10.4. The van der Waals surface area contributed by atoms with Gasteiger partial charge < -0.3 is 15.4 Å². The molecule has 1 aliphatic heterocycles. The van der Waals surface area contributed by atoms with Crippen molar-refractivity contribution in [2.24, 2.45) is 5.92 Å². The van der Waals surface area contributed by atoms with Gasteiger partial charge in [0, 0.05) is 12.1 Å². The molecule has 0 saturated carbocycles. The highest BCUT2D eigenvalue weighted by Gasteiger charge is 2.23. The first-order valence-corrected chi connectivity index (χ1v) is 10.4. The quantitative estimate of drug-likeness (QED) is 0.646. The lowest BCUT2D eigenvalue weighted by atomic mass is 9.88. The summed E-state index contributed by atoms with van der Waals surface area (Å²) in [6.45, 7) is 5.77. The molecule has 0 bridgehead atoms. The third kappa shape index (κ3) is 5.58. The van der Waals surface area contributed by atoms with Gasteiger partial charge in [-0.25, -0.2) is 4.39 Å². The molecule has 2 atom stereocenters. The van der Waals surface area contributed by atoms with Gasteiger partial charge in [-0.2, -0.15) is 5.26 Å². The van der Waals surface area contributed by atoms with Crippen LogP contribution in [0, 0.1) is 23.1 Å². The molecule has 2 aromatic rings. The standard InChI is InChI=1S/C24H28FN3O2/c1-16(2)12-22(24(29)28-11-9-26)18-5-3-4-17(13-18)21-14-19(25)6-7-23(21)30-20-8-10-27-15-20/h3-7,13-14,16,20,22,27H,8,10-12,15H2,1-2H3,(H,28,29)/t20-,22?/m0/s1. The van der Waals surface area contributed by atoms with Gasteiger partial charge in [-0.05, 0) is 54.6 Å². The van der Waals surface area contributed by atoms with Crippen LogP contribution >= 0.6 is 0 Å². The van der Waals surface area contributed by atoms with Gasteiger partial charge in [0.2, 0.25) is 5.91 Å². The summed E-state index contributed by atoms with van der Waals surface area (Å²) >= 11 is 0. The Morgan fingerprint density at radius 1 is 1.33 bits per heavy atom. The Kier molecular flexibility index (Phi) is 7.42. The number of nitrogens with zero attached hydrogens (tertiary/aromatic N) is 1. The SMILES string of the molecule is CC(C)CC(C(=O)NCC#N)c1cccc(-c2cc(F)ccc2O[C@H]2CCNC2)c1. The lowest BCUT2D eigenvalue weighted by molar-refractivity contribution is -0.122. The predicted molar refractivity (Wildman–Crippen MR) is 115 cm³/mol. The maximum atomic E-state index is 14.1. The van der Waals surface area contributed by atoms with Crippen molar-refractivity contribution < 1.29 is 13.9 Å². The average Bonchev–Trinajstić information content (AvgIpc) is 3.24. The number of ether oxygens (including phenoxy) is 1. The van der Waals surface area contributed by atoms with Gasteiger partial charge in [0.1, 0.15) is 24.2 Å². The Bertz CT molecular complexity index is 917. The second-order valence-corrected chi connectivity index (χ2v) is 8.06. The van der Waals surface area contributed by atoms with E-state index in [1.165, 1.54) is 12.1 Å². The molecule has 1 aliphatic rings. The third-order valence-corrected chi connectivity index (χ3v) is 5.22. The maximum Gasteiger partial charge on any atom is 0.228 e. The topological polar surface area (TPSA) is 74.2 Å². The van der Waals surface area contributed by atoms with Crippen molar-refractivity contribution in [1.82, 2.24) is 10.6 Å². The Hall–Kier alpha value is -2.91. The van der Waals surface area contributed by atoms with Crippen LogP contribution in [-0.4, -0.2) is 31.6 Å². The van der Waals surface area contributed by atoms with E-state index >= 15 is 0 Å².